The molecular weight excluding hydrogens is 798 g/mol. The van der Waals surface area contributed by atoms with E-state index in [4.69, 9.17) is 9.47 Å². The number of ketones is 1. The van der Waals surface area contributed by atoms with E-state index in [0.717, 1.165) is 79.3 Å². The zero-order valence-corrected chi connectivity index (χ0v) is 39.5. The van der Waals surface area contributed by atoms with Crippen LogP contribution in [0.2, 0.25) is 0 Å². The normalized spacial score (nSPS) is 20.2. The van der Waals surface area contributed by atoms with Crippen LogP contribution in [0.4, 0.5) is 14.0 Å². The van der Waals surface area contributed by atoms with Crippen molar-refractivity contribution in [1.82, 2.24) is 24.7 Å². The molecule has 1 saturated heterocycles. The van der Waals surface area contributed by atoms with Gasteiger partial charge in [-0.25, -0.2) is 14.0 Å². The molecule has 0 spiro atoms. The van der Waals surface area contributed by atoms with E-state index >= 15 is 4.39 Å². The molecule has 342 valence electrons. The van der Waals surface area contributed by atoms with E-state index in [1.165, 1.54) is 28.1 Å². The largest absolute Gasteiger partial charge is 0.444 e. The van der Waals surface area contributed by atoms with E-state index in [2.05, 4.69) is 44.9 Å². The van der Waals surface area contributed by atoms with Gasteiger partial charge >= 0.3 is 12.2 Å². The summed E-state index contributed by atoms with van der Waals surface area (Å²) in [5, 5.41) is 7.97. The van der Waals surface area contributed by atoms with E-state index < -0.39 is 35.5 Å². The van der Waals surface area contributed by atoms with Crippen LogP contribution < -0.4 is 10.6 Å². The van der Waals surface area contributed by atoms with Gasteiger partial charge < -0.3 is 34.1 Å². The third-order valence-electron chi connectivity index (χ3n) is 13.3. The van der Waals surface area contributed by atoms with Crippen LogP contribution in [0, 0.1) is 36.4 Å². The van der Waals surface area contributed by atoms with Crippen molar-refractivity contribution in [3.63, 3.8) is 0 Å². The predicted molar refractivity (Wildman–Crippen MR) is 246 cm³/mol. The number of aromatic nitrogens is 2. The highest BCUT2D eigenvalue weighted by Gasteiger charge is 2.40. The number of hydrogen-bond acceptors (Lipinski definition) is 6. The molecule has 2 fully saturated rings. The molecule has 2 N–H and O–H groups in total. The quantitative estimate of drug-likeness (QED) is 0.155. The van der Waals surface area contributed by atoms with E-state index in [-0.39, 0.29) is 47.2 Å². The number of amides is 3. The average molecular weight is 868 g/mol. The van der Waals surface area contributed by atoms with Gasteiger partial charge in [-0.3, -0.25) is 9.59 Å². The molecule has 3 aliphatic rings. The third kappa shape index (κ3) is 9.95. The van der Waals surface area contributed by atoms with Crippen LogP contribution in [0.1, 0.15) is 124 Å². The summed E-state index contributed by atoms with van der Waals surface area (Å²) in [5.41, 5.74) is 6.36. The summed E-state index contributed by atoms with van der Waals surface area (Å²) in [6.45, 7) is 22.8. The molecule has 5 atom stereocenters. The van der Waals surface area contributed by atoms with E-state index in [0.29, 0.717) is 19.5 Å². The van der Waals surface area contributed by atoms with Crippen molar-refractivity contribution in [2.45, 2.75) is 170 Å². The van der Waals surface area contributed by atoms with Crippen molar-refractivity contribution < 1.29 is 33.0 Å². The van der Waals surface area contributed by atoms with Crippen LogP contribution in [-0.2, 0) is 45.0 Å². The summed E-state index contributed by atoms with van der Waals surface area (Å²) in [6.07, 6.45) is 5.24. The zero-order chi connectivity index (χ0) is 45.7. The number of halogens is 1. The number of ether oxygens (including phenoxy) is 2. The van der Waals surface area contributed by atoms with Crippen LogP contribution in [0.15, 0.2) is 36.4 Å². The van der Waals surface area contributed by atoms with Gasteiger partial charge in [0.2, 0.25) is 5.91 Å². The van der Waals surface area contributed by atoms with Gasteiger partial charge in [0, 0.05) is 47.9 Å². The Bertz CT molecular complexity index is 2380. The first-order chi connectivity index (χ1) is 29.6. The Morgan fingerprint density at radius 1 is 0.714 bits per heavy atom. The van der Waals surface area contributed by atoms with Crippen LogP contribution in [0.3, 0.4) is 0 Å². The number of aryl methyl sites for hydroxylation is 3. The molecule has 12 heteroatoms. The molecule has 3 amide bonds. The number of fused-ring (bicyclic) bond motifs is 7. The lowest BCUT2D eigenvalue weighted by Crippen LogP contribution is -2.53. The van der Waals surface area contributed by atoms with Crippen LogP contribution >= 0.6 is 0 Å². The molecule has 11 nitrogen and oxygen atoms in total. The highest BCUT2D eigenvalue weighted by atomic mass is 19.1. The van der Waals surface area contributed by atoms with E-state index in [1.807, 2.05) is 59.4 Å². The maximum absolute atomic E-state index is 15.2. The molecular formula is C51H70FN5O6. The van der Waals surface area contributed by atoms with Crippen molar-refractivity contribution in [1.29, 1.82) is 0 Å². The number of nitrogens with zero attached hydrogens (tertiary/aromatic N) is 3. The Balaban J connectivity index is 1.25. The lowest BCUT2D eigenvalue weighted by Gasteiger charge is -2.33. The molecule has 2 aromatic heterocycles. The highest BCUT2D eigenvalue weighted by molar-refractivity contribution is 5.98. The Kier molecular flexibility index (Phi) is 13.1. The van der Waals surface area contributed by atoms with Gasteiger partial charge in [-0.05, 0) is 146 Å². The maximum atomic E-state index is 15.2. The van der Waals surface area contributed by atoms with Crippen molar-refractivity contribution in [2.75, 3.05) is 6.54 Å². The van der Waals surface area contributed by atoms with Crippen LogP contribution in [-0.4, -0.2) is 73.8 Å². The van der Waals surface area contributed by atoms with Gasteiger partial charge in [0.25, 0.3) is 0 Å². The Morgan fingerprint density at radius 3 is 1.86 bits per heavy atom. The van der Waals surface area contributed by atoms with Gasteiger partial charge in [-0.1, -0.05) is 52.7 Å². The fraction of sp³-hybridized carbons (Fsp3) is 0.608. The summed E-state index contributed by atoms with van der Waals surface area (Å²) >= 11 is 0. The van der Waals surface area contributed by atoms with Gasteiger partial charge in [0.1, 0.15) is 23.1 Å². The van der Waals surface area contributed by atoms with Crippen molar-refractivity contribution >= 4 is 45.7 Å². The fourth-order valence-corrected chi connectivity index (χ4v) is 10.5. The first-order valence-corrected chi connectivity index (χ1v) is 23.4. The van der Waals surface area contributed by atoms with Gasteiger partial charge in [-0.15, -0.1) is 0 Å². The number of alkyl carbamates (subject to hydrolysis) is 2. The van der Waals surface area contributed by atoms with Gasteiger partial charge in [-0.2, -0.15) is 0 Å². The Labute approximate surface area is 372 Å². The lowest BCUT2D eigenvalue weighted by molar-refractivity contribution is -0.135. The molecule has 2 aliphatic heterocycles. The molecule has 4 aromatic rings. The Hall–Kier alpha value is -4.87. The number of Topliss-reactive ketones (excluding diaryl/α,β-unsaturated/α-hetero) is 1. The molecule has 1 aliphatic carbocycles. The molecule has 4 heterocycles. The second-order valence-electron chi connectivity index (χ2n) is 21.2. The summed E-state index contributed by atoms with van der Waals surface area (Å²) in [7, 11) is 0. The van der Waals surface area contributed by atoms with Crippen LogP contribution in [0.25, 0.3) is 33.2 Å². The van der Waals surface area contributed by atoms with E-state index in [9.17, 15) is 19.2 Å². The first-order valence-electron chi connectivity index (χ1n) is 23.4. The maximum Gasteiger partial charge on any atom is 0.408 e. The molecule has 0 radical (unpaired) electrons. The summed E-state index contributed by atoms with van der Waals surface area (Å²) in [4.78, 5) is 56.5. The minimum absolute atomic E-state index is 0.0704. The van der Waals surface area contributed by atoms with Gasteiger partial charge in [0.05, 0.1) is 22.9 Å². The Morgan fingerprint density at radius 2 is 1.27 bits per heavy atom. The van der Waals surface area contributed by atoms with Crippen molar-refractivity contribution in [3.8, 4) is 11.4 Å². The van der Waals surface area contributed by atoms with Crippen molar-refractivity contribution in [2.24, 2.45) is 23.7 Å². The fourth-order valence-electron chi connectivity index (χ4n) is 10.5. The average Bonchev–Trinajstić information content (AvgIpc) is 3.86. The zero-order valence-electron chi connectivity index (χ0n) is 39.5. The highest BCUT2D eigenvalue weighted by Crippen LogP contribution is 2.46. The minimum Gasteiger partial charge on any atom is -0.444 e. The number of nitrogens with one attached hydrogen (secondary N) is 2. The number of benzene rings is 2. The predicted octanol–water partition coefficient (Wildman–Crippen LogP) is 10.3. The second kappa shape index (κ2) is 18.0. The number of rotatable bonds is 11. The molecule has 2 aromatic carbocycles. The second-order valence-corrected chi connectivity index (χ2v) is 21.2. The topological polar surface area (TPSA) is 124 Å². The third-order valence-corrected chi connectivity index (χ3v) is 13.3. The molecule has 63 heavy (non-hydrogen) atoms. The summed E-state index contributed by atoms with van der Waals surface area (Å²) < 4.78 is 31.1. The standard InChI is InChI=1S/C51H70FN5O6/c1-29(2)42(53-48(60)62-50(6,7)8)46(58)33-15-12-14-32(25-33)26-38-36-19-17-31(5)24-40(36)56-22-23-57-41-27-34(52)18-20-37(41)39(45(57)44(38)56)28-35-16-13-21-55(35)47(59)43(30(3)4)54-49(61)63-51(9,10)11/h17-20,24,27,29-30,32-33,35,42-43H,12-16,21-23,25-26,28H2,1-11H3,(H,53,60)(H,54,61)/t32-,33?,35+,42+,43?/m1/s1. The van der Waals surface area contributed by atoms with Crippen molar-refractivity contribution in [3.05, 3.63) is 58.9 Å². The van der Waals surface area contributed by atoms with E-state index in [1.54, 1.807) is 26.8 Å². The first kappa shape index (κ1) is 46.1. The number of hydrogen-bond donors (Lipinski definition) is 2. The number of likely N-dealkylation sites (tertiary alicyclic amines) is 1. The molecule has 0 bridgehead atoms. The SMILES string of the molecule is Cc1ccc2c(C[C@@H]3CCCC(C(=O)[C@@H](NC(=O)OC(C)(C)C)C(C)C)C3)c3n(c2c1)CCn1c-3c(C[C@@H]2CCCN2C(=O)C(NC(=O)OC(C)(C)C)C(C)C)c2ccc(F)cc21. The monoisotopic (exact) mass is 868 g/mol. The number of carbonyl (C=O) groups is 4. The molecule has 2 unspecified atom stereocenters. The minimum atomic E-state index is -0.748. The van der Waals surface area contributed by atoms with Gasteiger partial charge in [0.15, 0.2) is 5.78 Å². The van der Waals surface area contributed by atoms with Crippen LogP contribution in [0.5, 0.6) is 0 Å². The summed E-state index contributed by atoms with van der Waals surface area (Å²) in [5.74, 6) is -0.548. The smallest absolute Gasteiger partial charge is 0.408 e. The molecule has 7 rings (SSSR count). The lowest BCUT2D eigenvalue weighted by atomic mass is 9.74. The summed E-state index contributed by atoms with van der Waals surface area (Å²) in [6, 6.07) is 10.3. The number of carbonyl (C=O) groups excluding carboxylic acids is 4. The molecule has 1 saturated carbocycles.